The highest BCUT2D eigenvalue weighted by atomic mass is 16.3. The zero-order valence-corrected chi connectivity index (χ0v) is 12.3. The van der Waals surface area contributed by atoms with Gasteiger partial charge in [0.25, 0.3) is 0 Å². The average molecular weight is 262 g/mol. The summed E-state index contributed by atoms with van der Waals surface area (Å²) < 4.78 is 7.17. The maximum Gasteiger partial charge on any atom is 0.150 e. The van der Waals surface area contributed by atoms with Crippen LogP contribution in [-0.4, -0.2) is 16.8 Å². The van der Waals surface area contributed by atoms with Gasteiger partial charge in [0.2, 0.25) is 0 Å². The fourth-order valence-electron chi connectivity index (χ4n) is 2.34. The average Bonchev–Trinajstić information content (AvgIpc) is 2.84. The third-order valence-corrected chi connectivity index (χ3v) is 3.36. The molecule has 0 aliphatic carbocycles. The molecule has 0 radical (unpaired) electrons. The van der Waals surface area contributed by atoms with E-state index in [9.17, 15) is 0 Å². The number of nitrogen functional groups attached to an aromatic ring is 1. The van der Waals surface area contributed by atoms with Crippen molar-refractivity contribution in [2.45, 2.75) is 33.2 Å². The van der Waals surface area contributed by atoms with Crippen molar-refractivity contribution in [1.29, 1.82) is 0 Å². The minimum Gasteiger partial charge on any atom is -0.469 e. The topological polar surface area (TPSA) is 60.2 Å². The molecular formula is C14H22N4O. The molecule has 0 fully saturated rings. The normalized spacial score (nSPS) is 11.3. The second kappa shape index (κ2) is 4.99. The van der Waals surface area contributed by atoms with Crippen LogP contribution in [0, 0.1) is 6.92 Å². The highest BCUT2D eigenvalue weighted by Crippen LogP contribution is 2.31. The lowest BCUT2D eigenvalue weighted by Crippen LogP contribution is -2.20. The number of aromatic nitrogens is 2. The molecule has 2 N–H and O–H groups in total. The summed E-state index contributed by atoms with van der Waals surface area (Å²) in [4.78, 5) is 2.10. The maximum atomic E-state index is 6.22. The monoisotopic (exact) mass is 262 g/mol. The first-order valence-electron chi connectivity index (χ1n) is 6.48. The Bertz CT molecular complexity index is 568. The molecule has 19 heavy (non-hydrogen) atoms. The molecule has 0 bridgehead atoms. The van der Waals surface area contributed by atoms with Gasteiger partial charge in [0, 0.05) is 26.2 Å². The van der Waals surface area contributed by atoms with Crippen LogP contribution in [0.3, 0.4) is 0 Å². The van der Waals surface area contributed by atoms with Gasteiger partial charge in [0.15, 0.2) is 0 Å². The van der Waals surface area contributed by atoms with Crippen LogP contribution in [-0.2, 0) is 13.6 Å². The molecule has 2 heterocycles. The van der Waals surface area contributed by atoms with Crippen molar-refractivity contribution in [3.8, 4) is 0 Å². The second-order valence-electron chi connectivity index (χ2n) is 5.26. The first kappa shape index (κ1) is 13.5. The molecular weight excluding hydrogens is 240 g/mol. The molecule has 2 rings (SSSR count). The van der Waals surface area contributed by atoms with E-state index in [0.29, 0.717) is 5.92 Å². The molecule has 0 aliphatic heterocycles. The molecule has 2 aromatic rings. The number of furan rings is 1. The molecule has 0 saturated carbocycles. The number of anilines is 2. The largest absolute Gasteiger partial charge is 0.469 e. The van der Waals surface area contributed by atoms with Gasteiger partial charge in [-0.25, -0.2) is 0 Å². The van der Waals surface area contributed by atoms with E-state index in [-0.39, 0.29) is 0 Å². The quantitative estimate of drug-likeness (QED) is 0.920. The Balaban J connectivity index is 2.29. The molecule has 104 valence electrons. The molecule has 0 spiro atoms. The Morgan fingerprint density at radius 2 is 2.16 bits per heavy atom. The first-order valence-corrected chi connectivity index (χ1v) is 6.48. The van der Waals surface area contributed by atoms with Crippen LogP contribution < -0.4 is 10.6 Å². The van der Waals surface area contributed by atoms with Crippen LogP contribution in [0.15, 0.2) is 16.7 Å². The molecule has 0 atom stereocenters. The lowest BCUT2D eigenvalue weighted by molar-refractivity contribution is 0.529. The fourth-order valence-corrected chi connectivity index (χ4v) is 2.34. The van der Waals surface area contributed by atoms with E-state index in [4.69, 9.17) is 10.2 Å². The van der Waals surface area contributed by atoms with Crippen LogP contribution in [0.5, 0.6) is 0 Å². The summed E-state index contributed by atoms with van der Waals surface area (Å²) in [7, 11) is 3.94. The molecule has 0 unspecified atom stereocenters. The third kappa shape index (κ3) is 2.45. The lowest BCUT2D eigenvalue weighted by atomic mass is 10.1. The zero-order chi connectivity index (χ0) is 14.2. The van der Waals surface area contributed by atoms with E-state index in [1.54, 1.807) is 6.26 Å². The molecule has 0 saturated heterocycles. The summed E-state index contributed by atoms with van der Waals surface area (Å²) in [6.45, 7) is 6.92. The smallest absolute Gasteiger partial charge is 0.150 e. The zero-order valence-electron chi connectivity index (χ0n) is 12.3. The summed E-state index contributed by atoms with van der Waals surface area (Å²) in [5.74, 6) is 2.21. The van der Waals surface area contributed by atoms with Crippen molar-refractivity contribution in [3.05, 3.63) is 29.3 Å². The molecule has 5 nitrogen and oxygen atoms in total. The Labute approximate surface area is 114 Å². The predicted octanol–water partition coefficient (Wildman–Crippen LogP) is 2.66. The van der Waals surface area contributed by atoms with Crippen molar-refractivity contribution in [1.82, 2.24) is 9.78 Å². The van der Waals surface area contributed by atoms with Crippen LogP contribution in [0.25, 0.3) is 0 Å². The van der Waals surface area contributed by atoms with Gasteiger partial charge in [-0.3, -0.25) is 4.68 Å². The van der Waals surface area contributed by atoms with Crippen LogP contribution in [0.1, 0.15) is 36.8 Å². The summed E-state index contributed by atoms with van der Waals surface area (Å²) >= 11 is 0. The minimum atomic E-state index is 0.323. The SMILES string of the molecule is Cc1occc1CN(C)c1c(N)c(C(C)C)nn1C. The van der Waals surface area contributed by atoms with Gasteiger partial charge in [0.05, 0.1) is 17.6 Å². The first-order chi connectivity index (χ1) is 8.91. The van der Waals surface area contributed by atoms with E-state index in [1.807, 2.05) is 31.8 Å². The van der Waals surface area contributed by atoms with Crippen LogP contribution in [0.4, 0.5) is 11.5 Å². The Kier molecular flexibility index (Phi) is 3.55. The number of rotatable bonds is 4. The van der Waals surface area contributed by atoms with Gasteiger partial charge in [-0.1, -0.05) is 13.8 Å². The highest BCUT2D eigenvalue weighted by molar-refractivity contribution is 5.66. The number of aryl methyl sites for hydroxylation is 2. The number of hydrogen-bond acceptors (Lipinski definition) is 4. The standard InChI is InChI=1S/C14H22N4O/c1-9(2)13-12(15)14(18(5)16-13)17(4)8-11-6-7-19-10(11)3/h6-7,9H,8,15H2,1-5H3. The van der Waals surface area contributed by atoms with E-state index < -0.39 is 0 Å². The summed E-state index contributed by atoms with van der Waals surface area (Å²) in [5.41, 5.74) is 9.10. The van der Waals surface area contributed by atoms with E-state index in [1.165, 1.54) is 0 Å². The van der Waals surface area contributed by atoms with Crippen molar-refractivity contribution >= 4 is 11.5 Å². The highest BCUT2D eigenvalue weighted by Gasteiger charge is 2.19. The van der Waals surface area contributed by atoms with Gasteiger partial charge in [0.1, 0.15) is 11.6 Å². The number of nitrogens with two attached hydrogens (primary N) is 1. The molecule has 0 aromatic carbocycles. The van der Waals surface area contributed by atoms with Crippen molar-refractivity contribution in [2.75, 3.05) is 17.7 Å². The third-order valence-electron chi connectivity index (χ3n) is 3.36. The van der Waals surface area contributed by atoms with Crippen LogP contribution >= 0.6 is 0 Å². The molecule has 2 aromatic heterocycles. The second-order valence-corrected chi connectivity index (χ2v) is 5.26. The number of nitrogens with zero attached hydrogens (tertiary/aromatic N) is 3. The summed E-state index contributed by atoms with van der Waals surface area (Å²) in [6, 6.07) is 1.99. The van der Waals surface area contributed by atoms with Gasteiger partial charge < -0.3 is 15.1 Å². The number of hydrogen-bond donors (Lipinski definition) is 1. The van der Waals surface area contributed by atoms with E-state index in [2.05, 4.69) is 23.8 Å². The van der Waals surface area contributed by atoms with Crippen molar-refractivity contribution in [3.63, 3.8) is 0 Å². The van der Waals surface area contributed by atoms with Gasteiger partial charge in [-0.15, -0.1) is 0 Å². The fraction of sp³-hybridized carbons (Fsp3) is 0.500. The Morgan fingerprint density at radius 3 is 2.63 bits per heavy atom. The van der Waals surface area contributed by atoms with Gasteiger partial charge in [-0.2, -0.15) is 5.10 Å². The van der Waals surface area contributed by atoms with Gasteiger partial charge in [-0.05, 0) is 18.9 Å². The van der Waals surface area contributed by atoms with E-state index >= 15 is 0 Å². The molecule has 0 amide bonds. The van der Waals surface area contributed by atoms with Gasteiger partial charge >= 0.3 is 0 Å². The van der Waals surface area contributed by atoms with E-state index in [0.717, 1.165) is 35.1 Å². The molecule has 5 heteroatoms. The Hall–Kier alpha value is -1.91. The maximum absolute atomic E-state index is 6.22. The minimum absolute atomic E-state index is 0.323. The lowest BCUT2D eigenvalue weighted by Gasteiger charge is -2.19. The summed E-state index contributed by atoms with van der Waals surface area (Å²) in [5, 5.41) is 4.51. The Morgan fingerprint density at radius 1 is 1.47 bits per heavy atom. The summed E-state index contributed by atoms with van der Waals surface area (Å²) in [6.07, 6.45) is 1.71. The van der Waals surface area contributed by atoms with Crippen molar-refractivity contribution in [2.24, 2.45) is 7.05 Å². The van der Waals surface area contributed by atoms with Crippen molar-refractivity contribution < 1.29 is 4.42 Å². The molecule has 0 aliphatic rings. The predicted molar refractivity (Wildman–Crippen MR) is 77.3 cm³/mol. The van der Waals surface area contributed by atoms with Crippen LogP contribution in [0.2, 0.25) is 0 Å².